The third kappa shape index (κ3) is 16.8. The molecule has 216 valence electrons. The predicted octanol–water partition coefficient (Wildman–Crippen LogP) is 14.0. The van der Waals surface area contributed by atoms with Crippen LogP contribution in [0.4, 0.5) is 0 Å². The lowest BCUT2D eigenvalue weighted by molar-refractivity contribution is 0.563. The normalized spacial score (nSPS) is 11.7. The quantitative estimate of drug-likeness (QED) is 0.0787. The number of hydrogen-bond acceptors (Lipinski definition) is 4. The number of unbranched alkanes of at least 4 members (excludes halogenated alkanes) is 18. The molecule has 0 amide bonds. The van der Waals surface area contributed by atoms with Crippen molar-refractivity contribution in [3.8, 4) is 0 Å². The Hall–Kier alpha value is -0.160. The summed E-state index contributed by atoms with van der Waals surface area (Å²) in [6.07, 6.45) is 33.0. The fourth-order valence-corrected chi connectivity index (χ4v) is 8.86. The zero-order chi connectivity index (χ0) is 26.9. The first-order valence-corrected chi connectivity index (χ1v) is 19.7. The average Bonchev–Trinajstić information content (AvgIpc) is 3.58. The number of thioether (sulfide) groups is 2. The highest BCUT2D eigenvalue weighted by molar-refractivity contribution is 7.99. The molecule has 0 nitrogen and oxygen atoms in total. The molecule has 0 saturated heterocycles. The maximum atomic E-state index is 2.36. The van der Waals surface area contributed by atoms with Crippen molar-refractivity contribution in [2.45, 2.75) is 152 Å². The molecule has 0 saturated carbocycles. The Bertz CT molecular complexity index is 737. The number of rotatable bonds is 26. The minimum atomic E-state index is 1.26. The Morgan fingerprint density at radius 3 is 1.13 bits per heavy atom. The topological polar surface area (TPSA) is 0 Å². The van der Waals surface area contributed by atoms with Crippen LogP contribution in [0.15, 0.2) is 32.7 Å². The summed E-state index contributed by atoms with van der Waals surface area (Å²) in [4.78, 5) is 5.80. The van der Waals surface area contributed by atoms with Gasteiger partial charge >= 0.3 is 0 Å². The van der Waals surface area contributed by atoms with Crippen LogP contribution in [0.1, 0.15) is 152 Å². The zero-order valence-electron chi connectivity index (χ0n) is 24.7. The summed E-state index contributed by atoms with van der Waals surface area (Å²) < 4.78 is 0. The first-order chi connectivity index (χ1) is 18.8. The Morgan fingerprint density at radius 1 is 0.474 bits per heavy atom. The van der Waals surface area contributed by atoms with E-state index in [0.29, 0.717) is 0 Å². The van der Waals surface area contributed by atoms with Crippen LogP contribution in [0.3, 0.4) is 0 Å². The summed E-state index contributed by atoms with van der Waals surface area (Å²) in [5, 5.41) is 4.52. The van der Waals surface area contributed by atoms with Gasteiger partial charge in [0.05, 0.1) is 0 Å². The first kappa shape index (κ1) is 34.0. The van der Waals surface area contributed by atoms with E-state index in [-0.39, 0.29) is 0 Å². The van der Waals surface area contributed by atoms with E-state index < -0.39 is 0 Å². The minimum Gasteiger partial charge on any atom is -0.143 e. The molecule has 0 aliphatic carbocycles. The lowest BCUT2D eigenvalue weighted by atomic mass is 10.1. The molecule has 0 unspecified atom stereocenters. The molecule has 2 aromatic rings. The van der Waals surface area contributed by atoms with Gasteiger partial charge in [0.25, 0.3) is 0 Å². The fourth-order valence-electron chi connectivity index (χ4n) is 4.79. The van der Waals surface area contributed by atoms with Crippen LogP contribution < -0.4 is 0 Å². The molecule has 2 aromatic heterocycles. The molecule has 38 heavy (non-hydrogen) atoms. The highest BCUT2D eigenvalue weighted by Crippen LogP contribution is 2.33. The van der Waals surface area contributed by atoms with Crippen molar-refractivity contribution in [1.82, 2.24) is 0 Å². The summed E-state index contributed by atoms with van der Waals surface area (Å²) in [6.45, 7) is 4.60. The second kappa shape index (κ2) is 24.6. The largest absolute Gasteiger partial charge is 0.143 e. The summed E-state index contributed by atoms with van der Waals surface area (Å²) in [5.41, 5.74) is 0. The van der Waals surface area contributed by atoms with Crippen LogP contribution in [0.5, 0.6) is 0 Å². The standard InChI is InChI=1S/C34H56S4/c1-3-5-7-9-11-13-15-17-19-21-27-35-33-25-29-37-31(33)23-24-32-34(26-30-38-32)36-28-22-20-18-16-14-12-10-8-6-4-2/h23-26,29-30H,3-22,27-28H2,1-2H3/b24-23+. The van der Waals surface area contributed by atoms with E-state index in [1.165, 1.54) is 159 Å². The molecule has 0 atom stereocenters. The highest BCUT2D eigenvalue weighted by atomic mass is 32.2. The van der Waals surface area contributed by atoms with Crippen LogP contribution in [0.25, 0.3) is 12.2 Å². The van der Waals surface area contributed by atoms with E-state index in [9.17, 15) is 0 Å². The van der Waals surface area contributed by atoms with Gasteiger partial charge in [-0.15, -0.1) is 46.2 Å². The molecule has 0 spiro atoms. The van der Waals surface area contributed by atoms with Gasteiger partial charge in [0.15, 0.2) is 0 Å². The molecule has 0 aliphatic heterocycles. The molecule has 2 rings (SSSR count). The van der Waals surface area contributed by atoms with Crippen LogP contribution in [0.2, 0.25) is 0 Å². The second-order valence-electron chi connectivity index (χ2n) is 10.7. The van der Waals surface area contributed by atoms with Gasteiger partial charge in [-0.2, -0.15) is 0 Å². The van der Waals surface area contributed by atoms with E-state index in [0.717, 1.165) is 0 Å². The van der Waals surface area contributed by atoms with Crippen molar-refractivity contribution >= 4 is 58.3 Å². The van der Waals surface area contributed by atoms with E-state index in [1.807, 2.05) is 22.7 Å². The second-order valence-corrected chi connectivity index (χ2v) is 14.9. The maximum absolute atomic E-state index is 2.36. The van der Waals surface area contributed by atoms with Crippen LogP contribution >= 0.6 is 46.2 Å². The van der Waals surface area contributed by atoms with Gasteiger partial charge in [0.1, 0.15) is 0 Å². The monoisotopic (exact) mass is 592 g/mol. The van der Waals surface area contributed by atoms with Crippen molar-refractivity contribution in [1.29, 1.82) is 0 Å². The summed E-state index contributed by atoms with van der Waals surface area (Å²) >= 11 is 7.89. The van der Waals surface area contributed by atoms with Gasteiger partial charge < -0.3 is 0 Å². The van der Waals surface area contributed by atoms with Crippen molar-refractivity contribution < 1.29 is 0 Å². The Labute approximate surface area is 253 Å². The van der Waals surface area contributed by atoms with Gasteiger partial charge in [-0.3, -0.25) is 0 Å². The molecular formula is C34H56S4. The molecule has 0 radical (unpaired) electrons. The Kier molecular flexibility index (Phi) is 22.1. The molecular weight excluding hydrogens is 537 g/mol. The number of thiophene rings is 2. The molecule has 0 aliphatic rings. The molecule has 0 N–H and O–H groups in total. The SMILES string of the molecule is CCCCCCCCCCCCSc1ccsc1/C=C/c1sccc1SCCCCCCCCCCCC. The summed E-state index contributed by atoms with van der Waals surface area (Å²) in [7, 11) is 0. The molecule has 4 heteroatoms. The average molecular weight is 593 g/mol. The van der Waals surface area contributed by atoms with Crippen molar-refractivity contribution in [3.63, 3.8) is 0 Å². The van der Waals surface area contributed by atoms with Gasteiger partial charge in [0, 0.05) is 19.5 Å². The van der Waals surface area contributed by atoms with Gasteiger partial charge in [-0.1, -0.05) is 129 Å². The van der Waals surface area contributed by atoms with Crippen LogP contribution in [0, 0.1) is 0 Å². The van der Waals surface area contributed by atoms with Crippen LogP contribution in [-0.2, 0) is 0 Å². The molecule has 0 fully saturated rings. The summed E-state index contributed by atoms with van der Waals surface area (Å²) in [6, 6.07) is 4.64. The van der Waals surface area contributed by atoms with E-state index in [1.54, 1.807) is 0 Å². The lowest BCUT2D eigenvalue weighted by Crippen LogP contribution is -1.84. The first-order valence-electron chi connectivity index (χ1n) is 15.9. The minimum absolute atomic E-state index is 1.26. The van der Waals surface area contributed by atoms with Gasteiger partial charge in [-0.05, 0) is 59.4 Å². The number of hydrogen-bond donors (Lipinski definition) is 0. The molecule has 2 heterocycles. The summed E-state index contributed by atoms with van der Waals surface area (Å²) in [5.74, 6) is 2.51. The predicted molar refractivity (Wildman–Crippen MR) is 183 cm³/mol. The van der Waals surface area contributed by atoms with E-state index >= 15 is 0 Å². The third-order valence-electron chi connectivity index (χ3n) is 7.21. The van der Waals surface area contributed by atoms with E-state index in [4.69, 9.17) is 0 Å². The Balaban J connectivity index is 1.55. The highest BCUT2D eigenvalue weighted by Gasteiger charge is 2.05. The third-order valence-corrected chi connectivity index (χ3v) is 11.6. The fraction of sp³-hybridized carbons (Fsp3) is 0.706. The molecule has 0 aromatic carbocycles. The van der Waals surface area contributed by atoms with Crippen molar-refractivity contribution in [2.75, 3.05) is 11.5 Å². The van der Waals surface area contributed by atoms with Crippen molar-refractivity contribution in [2.24, 2.45) is 0 Å². The Morgan fingerprint density at radius 2 is 0.789 bits per heavy atom. The van der Waals surface area contributed by atoms with Gasteiger partial charge in [0.2, 0.25) is 0 Å². The van der Waals surface area contributed by atoms with Gasteiger partial charge in [-0.25, -0.2) is 0 Å². The molecule has 0 bridgehead atoms. The van der Waals surface area contributed by atoms with E-state index in [2.05, 4.69) is 72.4 Å². The zero-order valence-corrected chi connectivity index (χ0v) is 27.9. The lowest BCUT2D eigenvalue weighted by Gasteiger charge is -2.04. The van der Waals surface area contributed by atoms with Crippen molar-refractivity contribution in [3.05, 3.63) is 32.6 Å². The maximum Gasteiger partial charge on any atom is 0.0406 e. The smallest absolute Gasteiger partial charge is 0.0406 e. The van der Waals surface area contributed by atoms with Crippen LogP contribution in [-0.4, -0.2) is 11.5 Å².